The first kappa shape index (κ1) is 18.0. The van der Waals surface area contributed by atoms with Crippen LogP contribution in [0.2, 0.25) is 0 Å². The Bertz CT molecular complexity index is 926. The molecular formula is C19H24N4O3S. The van der Waals surface area contributed by atoms with Gasteiger partial charge in [-0.05, 0) is 37.0 Å². The van der Waals surface area contributed by atoms with E-state index in [0.717, 1.165) is 24.1 Å². The predicted molar refractivity (Wildman–Crippen MR) is 102 cm³/mol. The van der Waals surface area contributed by atoms with Crippen molar-refractivity contribution in [2.24, 2.45) is 5.41 Å². The van der Waals surface area contributed by atoms with E-state index < -0.39 is 9.84 Å². The van der Waals surface area contributed by atoms with Gasteiger partial charge in [-0.25, -0.2) is 18.2 Å². The highest BCUT2D eigenvalue weighted by molar-refractivity contribution is 7.91. The molecule has 3 heterocycles. The molecule has 27 heavy (non-hydrogen) atoms. The van der Waals surface area contributed by atoms with Crippen molar-refractivity contribution in [1.29, 1.82) is 0 Å². The highest BCUT2D eigenvalue weighted by atomic mass is 32.2. The normalized spacial score (nSPS) is 24.2. The summed E-state index contributed by atoms with van der Waals surface area (Å²) in [5, 5.41) is 2.98. The van der Waals surface area contributed by atoms with Crippen LogP contribution in [-0.4, -0.2) is 53.5 Å². The van der Waals surface area contributed by atoms with Crippen LogP contribution in [0.3, 0.4) is 0 Å². The monoisotopic (exact) mass is 388 g/mol. The fourth-order valence-electron chi connectivity index (χ4n) is 4.21. The number of nitrogens with zero attached hydrogens (tertiary/aromatic N) is 3. The molecule has 0 aliphatic carbocycles. The molecule has 2 amide bonds. The largest absolute Gasteiger partial charge is 0.334 e. The molecule has 0 radical (unpaired) electrons. The molecule has 1 unspecified atom stereocenters. The van der Waals surface area contributed by atoms with Gasteiger partial charge in [-0.2, -0.15) is 0 Å². The summed E-state index contributed by atoms with van der Waals surface area (Å²) >= 11 is 0. The lowest BCUT2D eigenvalue weighted by Gasteiger charge is -2.39. The van der Waals surface area contributed by atoms with Gasteiger partial charge < -0.3 is 14.8 Å². The number of nitrogens with one attached hydrogen (secondary N) is 1. The molecule has 2 saturated heterocycles. The third kappa shape index (κ3) is 4.00. The van der Waals surface area contributed by atoms with Gasteiger partial charge in [0.2, 0.25) is 0 Å². The van der Waals surface area contributed by atoms with Crippen molar-refractivity contribution < 1.29 is 13.2 Å². The van der Waals surface area contributed by atoms with Crippen molar-refractivity contribution >= 4 is 15.9 Å². The topological polar surface area (TPSA) is 84.3 Å². The summed E-state index contributed by atoms with van der Waals surface area (Å²) in [6.45, 7) is 1.65. The van der Waals surface area contributed by atoms with Gasteiger partial charge in [0.1, 0.15) is 0 Å². The van der Waals surface area contributed by atoms with Crippen molar-refractivity contribution in [1.82, 2.24) is 19.8 Å². The minimum atomic E-state index is -2.95. The van der Waals surface area contributed by atoms with Crippen LogP contribution in [-0.2, 0) is 16.4 Å². The second-order valence-corrected chi connectivity index (χ2v) is 9.85. The summed E-state index contributed by atoms with van der Waals surface area (Å²) in [6.07, 6.45) is 7.76. The molecule has 0 saturated carbocycles. The Morgan fingerprint density at radius 1 is 1.30 bits per heavy atom. The maximum absolute atomic E-state index is 12.6. The van der Waals surface area contributed by atoms with Crippen LogP contribution < -0.4 is 5.32 Å². The molecule has 1 N–H and O–H groups in total. The van der Waals surface area contributed by atoms with Crippen LogP contribution in [0.25, 0.3) is 5.69 Å². The lowest BCUT2D eigenvalue weighted by atomic mass is 9.80. The highest BCUT2D eigenvalue weighted by Crippen LogP contribution is 2.40. The zero-order chi connectivity index (χ0) is 18.9. The number of likely N-dealkylation sites (tertiary alicyclic amines) is 1. The Morgan fingerprint density at radius 3 is 2.93 bits per heavy atom. The average molecular weight is 388 g/mol. The Kier molecular flexibility index (Phi) is 4.67. The van der Waals surface area contributed by atoms with Crippen LogP contribution in [0.4, 0.5) is 4.79 Å². The van der Waals surface area contributed by atoms with E-state index in [2.05, 4.69) is 10.3 Å². The van der Waals surface area contributed by atoms with Crippen LogP contribution >= 0.6 is 0 Å². The molecule has 1 atom stereocenters. The number of piperidine rings is 1. The molecule has 2 aromatic rings. The average Bonchev–Trinajstić information content (AvgIpc) is 3.28. The molecule has 2 aliphatic rings. The number of imidazole rings is 1. The quantitative estimate of drug-likeness (QED) is 0.871. The van der Waals surface area contributed by atoms with Gasteiger partial charge >= 0.3 is 6.03 Å². The van der Waals surface area contributed by atoms with Crippen molar-refractivity contribution in [2.75, 3.05) is 24.6 Å². The summed E-state index contributed by atoms with van der Waals surface area (Å²) in [5.74, 6) is 0.472. The molecule has 1 aromatic heterocycles. The number of carbonyl (C=O) groups excluding carboxylic acids is 1. The van der Waals surface area contributed by atoms with Crippen molar-refractivity contribution in [2.45, 2.75) is 25.8 Å². The number of benzene rings is 1. The molecule has 4 rings (SSSR count). The van der Waals surface area contributed by atoms with E-state index in [4.69, 9.17) is 0 Å². The number of amides is 2. The molecule has 2 fully saturated rings. The summed E-state index contributed by atoms with van der Waals surface area (Å²) in [7, 11) is -2.95. The SMILES string of the molecule is O=C(NCc1cccc(-n2ccnc2)c1)N1CCCC2(CCS(=O)(=O)C2)C1. The van der Waals surface area contributed by atoms with Crippen LogP contribution in [0.1, 0.15) is 24.8 Å². The maximum Gasteiger partial charge on any atom is 0.317 e. The van der Waals surface area contributed by atoms with Crippen molar-refractivity contribution in [3.63, 3.8) is 0 Å². The van der Waals surface area contributed by atoms with E-state index in [-0.39, 0.29) is 23.0 Å². The smallest absolute Gasteiger partial charge is 0.317 e. The van der Waals surface area contributed by atoms with E-state index >= 15 is 0 Å². The molecule has 1 spiro atoms. The van der Waals surface area contributed by atoms with Crippen LogP contribution in [0.15, 0.2) is 43.0 Å². The predicted octanol–water partition coefficient (Wildman–Crippen LogP) is 1.98. The standard InChI is InChI=1S/C19H24N4O3S/c24-18(22-8-2-5-19(13-22)6-10-27(25,26)14-19)21-12-16-3-1-4-17(11-16)23-9-7-20-15-23/h1,3-4,7,9,11,15H,2,5-6,8,10,12-14H2,(H,21,24). The zero-order valence-electron chi connectivity index (χ0n) is 15.2. The Labute approximate surface area is 159 Å². The third-order valence-corrected chi connectivity index (χ3v) is 7.45. The first-order valence-electron chi connectivity index (χ1n) is 9.25. The third-order valence-electron chi connectivity index (χ3n) is 5.57. The molecule has 0 bridgehead atoms. The van der Waals surface area contributed by atoms with E-state index in [9.17, 15) is 13.2 Å². The van der Waals surface area contributed by atoms with Crippen molar-refractivity contribution in [3.05, 3.63) is 48.5 Å². The summed E-state index contributed by atoms with van der Waals surface area (Å²) in [5.41, 5.74) is 1.76. The number of rotatable bonds is 3. The minimum absolute atomic E-state index is 0.119. The molecule has 8 heteroatoms. The second kappa shape index (κ2) is 6.99. The van der Waals surface area contributed by atoms with Gasteiger partial charge in [0.25, 0.3) is 0 Å². The number of hydrogen-bond acceptors (Lipinski definition) is 4. The highest BCUT2D eigenvalue weighted by Gasteiger charge is 2.45. The number of urea groups is 1. The van der Waals surface area contributed by atoms with E-state index in [1.54, 1.807) is 17.4 Å². The molecular weight excluding hydrogens is 364 g/mol. The molecule has 144 valence electrons. The van der Waals surface area contributed by atoms with Gasteiger partial charge in [0.05, 0.1) is 17.8 Å². The number of sulfone groups is 1. The van der Waals surface area contributed by atoms with Gasteiger partial charge in [-0.3, -0.25) is 0 Å². The van der Waals surface area contributed by atoms with Gasteiger partial charge in [-0.15, -0.1) is 0 Å². The minimum Gasteiger partial charge on any atom is -0.334 e. The Balaban J connectivity index is 1.38. The van der Waals surface area contributed by atoms with Crippen LogP contribution in [0, 0.1) is 5.41 Å². The van der Waals surface area contributed by atoms with E-state index in [1.165, 1.54) is 0 Å². The Morgan fingerprint density at radius 2 is 2.19 bits per heavy atom. The number of aromatic nitrogens is 2. The van der Waals surface area contributed by atoms with E-state index in [0.29, 0.717) is 26.1 Å². The summed E-state index contributed by atoms with van der Waals surface area (Å²) in [6, 6.07) is 7.81. The second-order valence-electron chi connectivity index (χ2n) is 7.67. The lowest BCUT2D eigenvalue weighted by Crippen LogP contribution is -2.50. The summed E-state index contributed by atoms with van der Waals surface area (Å²) in [4.78, 5) is 18.5. The van der Waals surface area contributed by atoms with E-state index in [1.807, 2.05) is 35.0 Å². The maximum atomic E-state index is 12.6. The lowest BCUT2D eigenvalue weighted by molar-refractivity contribution is 0.121. The molecule has 1 aromatic carbocycles. The first-order chi connectivity index (χ1) is 12.9. The first-order valence-corrected chi connectivity index (χ1v) is 11.1. The molecule has 7 nitrogen and oxygen atoms in total. The zero-order valence-corrected chi connectivity index (χ0v) is 16.0. The van der Waals surface area contributed by atoms with Gasteiger partial charge in [-0.1, -0.05) is 12.1 Å². The Hall–Kier alpha value is -2.35. The number of hydrogen-bond donors (Lipinski definition) is 1. The van der Waals surface area contributed by atoms with Gasteiger partial charge in [0.15, 0.2) is 9.84 Å². The summed E-state index contributed by atoms with van der Waals surface area (Å²) < 4.78 is 25.7. The molecule has 2 aliphatic heterocycles. The fraction of sp³-hybridized carbons (Fsp3) is 0.474. The van der Waals surface area contributed by atoms with Crippen LogP contribution in [0.5, 0.6) is 0 Å². The fourth-order valence-corrected chi connectivity index (χ4v) is 6.42. The number of carbonyl (C=O) groups is 1. The van der Waals surface area contributed by atoms with Crippen molar-refractivity contribution in [3.8, 4) is 5.69 Å². The van der Waals surface area contributed by atoms with Gasteiger partial charge in [0, 0.05) is 43.1 Å².